The van der Waals surface area contributed by atoms with E-state index in [1.807, 2.05) is 18.2 Å². The number of aromatic nitrogens is 2. The molecule has 0 bridgehead atoms. The van der Waals surface area contributed by atoms with Gasteiger partial charge in [-0.15, -0.1) is 0 Å². The van der Waals surface area contributed by atoms with E-state index < -0.39 is 5.97 Å². The molecule has 0 radical (unpaired) electrons. The quantitative estimate of drug-likeness (QED) is 0.339. The zero-order valence-corrected chi connectivity index (χ0v) is 18.3. The third-order valence-electron chi connectivity index (χ3n) is 5.99. The van der Waals surface area contributed by atoms with Gasteiger partial charge in [-0.05, 0) is 46.7 Å². The second kappa shape index (κ2) is 8.08. The van der Waals surface area contributed by atoms with Gasteiger partial charge in [-0.3, -0.25) is 5.10 Å². The summed E-state index contributed by atoms with van der Waals surface area (Å²) in [5, 5.41) is 14.7. The molecule has 0 saturated carbocycles. The first-order chi connectivity index (χ1) is 15.5. The molecule has 3 aromatic carbocycles. The first kappa shape index (κ1) is 20.2. The van der Waals surface area contributed by atoms with Crippen LogP contribution in [0.3, 0.4) is 0 Å². The third kappa shape index (κ3) is 3.94. The fourth-order valence-corrected chi connectivity index (χ4v) is 4.53. The normalized spacial score (nSPS) is 16.1. The lowest BCUT2D eigenvalue weighted by Crippen LogP contribution is -2.28. The van der Waals surface area contributed by atoms with E-state index in [2.05, 4.69) is 71.7 Å². The van der Waals surface area contributed by atoms with Crippen molar-refractivity contribution >= 4 is 22.5 Å². The van der Waals surface area contributed by atoms with E-state index in [1.54, 1.807) is 12.1 Å². The summed E-state index contributed by atoms with van der Waals surface area (Å²) in [4.78, 5) is 17.8. The Hall–Kier alpha value is -3.73. The van der Waals surface area contributed by atoms with Crippen LogP contribution in [0.15, 0.2) is 78.0 Å². The number of nitrogens with one attached hydrogen (secondary N) is 1. The number of hydrogen-bond donors (Lipinski definition) is 1. The summed E-state index contributed by atoms with van der Waals surface area (Å²) in [7, 11) is 0. The standard InChI is InChI=1S/C27H25N3O2/c1-27(2)16-23-25(24(17-27)30-32-26(31)19-10-4-3-5-11-19)22(28-29-23)15-20-13-8-12-18-9-6-7-14-21(18)20/h3-14H,15-17H2,1-2H3,(H,28,29)/b30-24+. The molecule has 0 amide bonds. The number of carbonyl (C=O) groups excluding carboxylic acids is 1. The Bertz CT molecular complexity index is 1310. The molecule has 0 unspecified atom stereocenters. The van der Waals surface area contributed by atoms with Gasteiger partial charge in [0, 0.05) is 17.7 Å². The Kier molecular flexibility index (Phi) is 5.10. The maximum atomic E-state index is 12.5. The monoisotopic (exact) mass is 423 g/mol. The van der Waals surface area contributed by atoms with E-state index in [0.717, 1.165) is 29.1 Å². The van der Waals surface area contributed by atoms with Gasteiger partial charge in [0.2, 0.25) is 0 Å². The minimum atomic E-state index is -0.456. The molecule has 5 heteroatoms. The number of benzene rings is 3. The van der Waals surface area contributed by atoms with Crippen LogP contribution in [0, 0.1) is 5.41 Å². The molecular formula is C27H25N3O2. The Balaban J connectivity index is 1.50. The number of fused-ring (bicyclic) bond motifs is 2. The van der Waals surface area contributed by atoms with Crippen LogP contribution >= 0.6 is 0 Å². The highest BCUT2D eigenvalue weighted by Crippen LogP contribution is 2.36. The Labute approximate surface area is 187 Å². The van der Waals surface area contributed by atoms with Gasteiger partial charge >= 0.3 is 5.97 Å². The Morgan fingerprint density at radius 3 is 2.59 bits per heavy atom. The Morgan fingerprint density at radius 2 is 1.75 bits per heavy atom. The lowest BCUT2D eigenvalue weighted by molar-refractivity contribution is 0.0514. The Morgan fingerprint density at radius 1 is 1.00 bits per heavy atom. The molecule has 0 spiro atoms. The fourth-order valence-electron chi connectivity index (χ4n) is 4.53. The van der Waals surface area contributed by atoms with Crippen LogP contribution in [-0.4, -0.2) is 21.9 Å². The maximum Gasteiger partial charge on any atom is 0.365 e. The number of oxime groups is 1. The summed E-state index contributed by atoms with van der Waals surface area (Å²) in [6, 6.07) is 23.7. The second-order valence-electron chi connectivity index (χ2n) is 9.14. The van der Waals surface area contributed by atoms with E-state index in [-0.39, 0.29) is 5.41 Å². The number of rotatable bonds is 4. The summed E-state index contributed by atoms with van der Waals surface area (Å²) in [5.41, 5.74) is 5.42. The van der Waals surface area contributed by atoms with Gasteiger partial charge in [-0.1, -0.05) is 79.7 Å². The van der Waals surface area contributed by atoms with Crippen molar-refractivity contribution in [1.29, 1.82) is 0 Å². The topological polar surface area (TPSA) is 67.3 Å². The highest BCUT2D eigenvalue weighted by Gasteiger charge is 2.34. The van der Waals surface area contributed by atoms with Crippen molar-refractivity contribution in [3.8, 4) is 0 Å². The van der Waals surface area contributed by atoms with E-state index >= 15 is 0 Å². The molecule has 4 aromatic rings. The minimum Gasteiger partial charge on any atom is -0.313 e. The fraction of sp³-hybridized carbons (Fsp3) is 0.222. The number of aromatic amines is 1. The van der Waals surface area contributed by atoms with E-state index in [1.165, 1.54) is 16.3 Å². The summed E-state index contributed by atoms with van der Waals surface area (Å²) >= 11 is 0. The molecule has 0 fully saturated rings. The predicted molar refractivity (Wildman–Crippen MR) is 126 cm³/mol. The van der Waals surface area contributed by atoms with Crippen molar-refractivity contribution in [3.05, 3.63) is 101 Å². The molecule has 1 aromatic heterocycles. The first-order valence-corrected chi connectivity index (χ1v) is 10.9. The van der Waals surface area contributed by atoms with E-state index in [0.29, 0.717) is 18.4 Å². The molecule has 0 saturated heterocycles. The van der Waals surface area contributed by atoms with Crippen LogP contribution in [0.2, 0.25) is 0 Å². The molecule has 0 aliphatic heterocycles. The van der Waals surface area contributed by atoms with Gasteiger partial charge < -0.3 is 4.84 Å². The van der Waals surface area contributed by atoms with Gasteiger partial charge in [0.15, 0.2) is 0 Å². The van der Waals surface area contributed by atoms with Crippen LogP contribution in [0.5, 0.6) is 0 Å². The zero-order chi connectivity index (χ0) is 22.1. The van der Waals surface area contributed by atoms with Gasteiger partial charge in [0.05, 0.1) is 17.0 Å². The summed E-state index contributed by atoms with van der Waals surface area (Å²) in [5.74, 6) is -0.456. The lowest BCUT2D eigenvalue weighted by Gasteiger charge is -2.29. The van der Waals surface area contributed by atoms with E-state index in [9.17, 15) is 4.79 Å². The van der Waals surface area contributed by atoms with Crippen LogP contribution in [0.25, 0.3) is 10.8 Å². The van der Waals surface area contributed by atoms with Crippen molar-refractivity contribution in [2.75, 3.05) is 0 Å². The largest absolute Gasteiger partial charge is 0.365 e. The van der Waals surface area contributed by atoms with Gasteiger partial charge in [-0.25, -0.2) is 4.79 Å². The number of nitrogens with zero attached hydrogens (tertiary/aromatic N) is 2. The van der Waals surface area contributed by atoms with Gasteiger partial charge in [0.25, 0.3) is 0 Å². The number of carbonyl (C=O) groups is 1. The minimum absolute atomic E-state index is 0.00572. The highest BCUT2D eigenvalue weighted by atomic mass is 16.7. The van der Waals surface area contributed by atoms with Crippen molar-refractivity contribution in [2.24, 2.45) is 10.6 Å². The zero-order valence-electron chi connectivity index (χ0n) is 18.3. The highest BCUT2D eigenvalue weighted by molar-refractivity contribution is 6.04. The summed E-state index contributed by atoms with van der Waals surface area (Å²) in [6.07, 6.45) is 2.26. The third-order valence-corrected chi connectivity index (χ3v) is 5.99. The van der Waals surface area contributed by atoms with Crippen molar-refractivity contribution in [3.63, 3.8) is 0 Å². The molecule has 32 heavy (non-hydrogen) atoms. The molecule has 0 atom stereocenters. The molecule has 5 rings (SSSR count). The first-order valence-electron chi connectivity index (χ1n) is 10.9. The number of hydrogen-bond acceptors (Lipinski definition) is 4. The second-order valence-corrected chi connectivity index (χ2v) is 9.14. The van der Waals surface area contributed by atoms with Crippen LogP contribution in [0.4, 0.5) is 0 Å². The van der Waals surface area contributed by atoms with Gasteiger partial charge in [-0.2, -0.15) is 5.10 Å². The lowest BCUT2D eigenvalue weighted by atomic mass is 9.75. The average Bonchev–Trinajstić information content (AvgIpc) is 3.19. The van der Waals surface area contributed by atoms with Gasteiger partial charge in [0.1, 0.15) is 0 Å². The molecule has 1 N–H and O–H groups in total. The van der Waals surface area contributed by atoms with Crippen molar-refractivity contribution in [1.82, 2.24) is 10.2 Å². The molecule has 1 aliphatic carbocycles. The molecule has 1 heterocycles. The van der Waals surface area contributed by atoms with Crippen LogP contribution < -0.4 is 0 Å². The van der Waals surface area contributed by atoms with Crippen molar-refractivity contribution < 1.29 is 9.63 Å². The van der Waals surface area contributed by atoms with Crippen LogP contribution in [0.1, 0.15) is 53.1 Å². The number of H-pyrrole nitrogens is 1. The van der Waals surface area contributed by atoms with Crippen LogP contribution in [-0.2, 0) is 17.7 Å². The smallest absolute Gasteiger partial charge is 0.313 e. The van der Waals surface area contributed by atoms with E-state index in [4.69, 9.17) is 4.84 Å². The van der Waals surface area contributed by atoms with Crippen molar-refractivity contribution in [2.45, 2.75) is 33.1 Å². The summed E-state index contributed by atoms with van der Waals surface area (Å²) in [6.45, 7) is 4.38. The molecule has 5 nitrogen and oxygen atoms in total. The molecule has 1 aliphatic rings. The SMILES string of the molecule is CC1(C)C/C(=N\OC(=O)c2ccccc2)c2c(Cc3cccc4ccccc34)n[nH]c2C1. The molecular weight excluding hydrogens is 398 g/mol. The average molecular weight is 424 g/mol. The maximum absolute atomic E-state index is 12.5. The predicted octanol–water partition coefficient (Wildman–Crippen LogP) is 5.69. The molecule has 160 valence electrons. The summed E-state index contributed by atoms with van der Waals surface area (Å²) < 4.78 is 0.